The quantitative estimate of drug-likeness (QED) is 0.411. The van der Waals surface area contributed by atoms with Gasteiger partial charge in [0.2, 0.25) is 5.91 Å². The minimum atomic E-state index is -0.157. The van der Waals surface area contributed by atoms with Crippen LogP contribution in [0.15, 0.2) is 54.9 Å². The van der Waals surface area contributed by atoms with Gasteiger partial charge in [-0.05, 0) is 64.3 Å². The molecule has 0 saturated carbocycles. The highest BCUT2D eigenvalue weighted by Crippen LogP contribution is 2.29. The maximum Gasteiger partial charge on any atom is 0.254 e. The van der Waals surface area contributed by atoms with Crippen LogP contribution in [0.5, 0.6) is 0 Å². The zero-order valence-electron chi connectivity index (χ0n) is 21.7. The van der Waals surface area contributed by atoms with E-state index < -0.39 is 0 Å². The molecule has 0 bridgehead atoms. The molecule has 190 valence electrons. The van der Waals surface area contributed by atoms with Crippen molar-refractivity contribution in [3.05, 3.63) is 71.5 Å². The van der Waals surface area contributed by atoms with Gasteiger partial charge in [-0.1, -0.05) is 29.8 Å². The van der Waals surface area contributed by atoms with Crippen molar-refractivity contribution in [2.24, 2.45) is 5.92 Å². The van der Waals surface area contributed by atoms with Crippen molar-refractivity contribution in [1.82, 2.24) is 24.6 Å². The van der Waals surface area contributed by atoms with Crippen LogP contribution < -0.4 is 5.32 Å². The van der Waals surface area contributed by atoms with Gasteiger partial charge in [-0.2, -0.15) is 5.10 Å². The first-order valence-corrected chi connectivity index (χ1v) is 12.8. The highest BCUT2D eigenvalue weighted by atomic mass is 16.2. The second-order valence-corrected chi connectivity index (χ2v) is 10.1. The Balaban J connectivity index is 1.38. The number of carbonyl (C=O) groups is 2. The van der Waals surface area contributed by atoms with Gasteiger partial charge >= 0.3 is 0 Å². The molecule has 3 aromatic heterocycles. The number of benzene rings is 1. The summed E-state index contributed by atoms with van der Waals surface area (Å²) in [5.41, 5.74) is 5.21. The van der Waals surface area contributed by atoms with Crippen LogP contribution in [0.2, 0.25) is 0 Å². The number of anilines is 1. The Hall–Kier alpha value is -4.07. The third-order valence-corrected chi connectivity index (χ3v) is 6.95. The van der Waals surface area contributed by atoms with E-state index in [2.05, 4.69) is 29.2 Å². The third-order valence-electron chi connectivity index (χ3n) is 6.95. The topological polar surface area (TPSA) is 93.0 Å². The first kappa shape index (κ1) is 24.6. The summed E-state index contributed by atoms with van der Waals surface area (Å²) in [6.07, 6.45) is 4.64. The lowest BCUT2D eigenvalue weighted by Gasteiger charge is -2.31. The lowest BCUT2D eigenvalue weighted by atomic mass is 9.95. The third kappa shape index (κ3) is 5.09. The Morgan fingerprint density at radius 1 is 1.00 bits per heavy atom. The van der Waals surface area contributed by atoms with E-state index in [4.69, 9.17) is 4.98 Å². The molecule has 1 aromatic carbocycles. The second kappa shape index (κ2) is 10.1. The van der Waals surface area contributed by atoms with E-state index in [1.54, 1.807) is 12.4 Å². The molecule has 1 fully saturated rings. The van der Waals surface area contributed by atoms with Crippen LogP contribution in [0, 0.1) is 19.8 Å². The Morgan fingerprint density at radius 2 is 1.73 bits per heavy atom. The van der Waals surface area contributed by atoms with E-state index >= 15 is 0 Å². The van der Waals surface area contributed by atoms with E-state index in [1.165, 1.54) is 5.56 Å². The maximum atomic E-state index is 13.8. The molecule has 8 heteroatoms. The highest BCUT2D eigenvalue weighted by molar-refractivity contribution is 6.06. The predicted octanol–water partition coefficient (Wildman–Crippen LogP) is 5.18. The fourth-order valence-corrected chi connectivity index (χ4v) is 4.79. The molecule has 1 aliphatic rings. The molecular weight excluding hydrogens is 464 g/mol. The van der Waals surface area contributed by atoms with Gasteiger partial charge in [-0.15, -0.1) is 0 Å². The van der Waals surface area contributed by atoms with Crippen molar-refractivity contribution < 1.29 is 9.59 Å². The molecule has 0 aliphatic carbocycles. The molecule has 0 radical (unpaired) electrons. The van der Waals surface area contributed by atoms with E-state index in [9.17, 15) is 9.59 Å². The van der Waals surface area contributed by atoms with Crippen LogP contribution in [-0.2, 0) is 4.79 Å². The van der Waals surface area contributed by atoms with Gasteiger partial charge in [0.25, 0.3) is 5.91 Å². The zero-order chi connectivity index (χ0) is 26.1. The van der Waals surface area contributed by atoms with Crippen LogP contribution in [0.3, 0.4) is 0 Å². The number of carbonyl (C=O) groups excluding carboxylic acids is 2. The minimum absolute atomic E-state index is 0.0450. The summed E-state index contributed by atoms with van der Waals surface area (Å²) in [6, 6.07) is 13.9. The van der Waals surface area contributed by atoms with Gasteiger partial charge in [0.15, 0.2) is 5.65 Å². The van der Waals surface area contributed by atoms with Crippen molar-refractivity contribution in [3.63, 3.8) is 0 Å². The Kier molecular flexibility index (Phi) is 6.74. The number of nitrogens with zero attached hydrogens (tertiary/aromatic N) is 5. The lowest BCUT2D eigenvalue weighted by molar-refractivity contribution is -0.121. The summed E-state index contributed by atoms with van der Waals surface area (Å²) in [7, 11) is 0. The molecule has 4 heterocycles. The van der Waals surface area contributed by atoms with E-state index in [-0.39, 0.29) is 23.8 Å². The van der Waals surface area contributed by atoms with Gasteiger partial charge in [-0.3, -0.25) is 9.59 Å². The smallest absolute Gasteiger partial charge is 0.254 e. The molecule has 4 aromatic rings. The number of pyridine rings is 2. The Labute approximate surface area is 216 Å². The summed E-state index contributed by atoms with van der Waals surface area (Å²) in [4.78, 5) is 37.6. The molecule has 0 atom stereocenters. The maximum absolute atomic E-state index is 13.8. The number of likely N-dealkylation sites (tertiary alicyclic amines) is 1. The zero-order valence-corrected chi connectivity index (χ0v) is 21.7. The van der Waals surface area contributed by atoms with Crippen molar-refractivity contribution in [2.75, 3.05) is 18.4 Å². The number of aromatic nitrogens is 4. The average Bonchev–Trinajstić information content (AvgIpc) is 3.33. The first-order valence-electron chi connectivity index (χ1n) is 12.8. The minimum Gasteiger partial charge on any atom is -0.339 e. The van der Waals surface area contributed by atoms with Gasteiger partial charge in [-0.25, -0.2) is 14.6 Å². The largest absolute Gasteiger partial charge is 0.339 e. The fraction of sp³-hybridized carbons (Fsp3) is 0.345. The van der Waals surface area contributed by atoms with Gasteiger partial charge < -0.3 is 10.2 Å². The molecule has 1 N–H and O–H groups in total. The van der Waals surface area contributed by atoms with Crippen LogP contribution in [-0.4, -0.2) is 49.6 Å². The number of piperidine rings is 1. The number of hydrogen-bond donors (Lipinski definition) is 1. The van der Waals surface area contributed by atoms with E-state index in [0.29, 0.717) is 43.0 Å². The average molecular weight is 497 g/mol. The molecule has 2 amide bonds. The standard InChI is InChI=1S/C29H32N6O2/c1-18(2)35-27-24(17-31-35)23(16-25(32-27)21-7-5-19(3)6-8-21)29(37)34-13-10-22(11-14-34)28(36)33-26-15-20(4)9-12-30-26/h5-9,12,15-18,22H,10-11,13-14H2,1-4H3,(H,30,33,36). The van der Waals surface area contributed by atoms with Gasteiger partial charge in [0.1, 0.15) is 5.82 Å². The molecular formula is C29H32N6O2. The summed E-state index contributed by atoms with van der Waals surface area (Å²) < 4.78 is 1.86. The van der Waals surface area contributed by atoms with Crippen LogP contribution >= 0.6 is 0 Å². The van der Waals surface area contributed by atoms with E-state index in [0.717, 1.165) is 22.2 Å². The van der Waals surface area contributed by atoms with Crippen LogP contribution in [0.25, 0.3) is 22.3 Å². The Bertz CT molecular complexity index is 1450. The number of fused-ring (bicyclic) bond motifs is 1. The molecule has 1 aliphatic heterocycles. The van der Waals surface area contributed by atoms with Crippen LogP contribution in [0.1, 0.15) is 54.2 Å². The number of nitrogens with one attached hydrogen (secondary N) is 1. The summed E-state index contributed by atoms with van der Waals surface area (Å²) >= 11 is 0. The molecule has 0 spiro atoms. The molecule has 37 heavy (non-hydrogen) atoms. The van der Waals surface area contributed by atoms with Crippen molar-refractivity contribution in [3.8, 4) is 11.3 Å². The molecule has 0 unspecified atom stereocenters. The fourth-order valence-electron chi connectivity index (χ4n) is 4.79. The van der Waals surface area contributed by atoms with Gasteiger partial charge in [0, 0.05) is 36.8 Å². The van der Waals surface area contributed by atoms with Crippen molar-refractivity contribution >= 4 is 28.7 Å². The van der Waals surface area contributed by atoms with Crippen molar-refractivity contribution in [2.45, 2.75) is 46.6 Å². The summed E-state index contributed by atoms with van der Waals surface area (Å²) in [6.45, 7) is 9.14. The number of aryl methyl sites for hydroxylation is 2. The summed E-state index contributed by atoms with van der Waals surface area (Å²) in [5, 5.41) is 8.21. The van der Waals surface area contributed by atoms with Crippen molar-refractivity contribution in [1.29, 1.82) is 0 Å². The number of hydrogen-bond acceptors (Lipinski definition) is 5. The lowest BCUT2D eigenvalue weighted by Crippen LogP contribution is -2.41. The van der Waals surface area contributed by atoms with Gasteiger partial charge in [0.05, 0.1) is 22.8 Å². The van der Waals surface area contributed by atoms with E-state index in [1.807, 2.05) is 65.9 Å². The SMILES string of the molecule is Cc1ccc(-c2cc(C(=O)N3CCC(C(=O)Nc4cc(C)ccn4)CC3)c3cnn(C(C)C)c3n2)cc1. The molecule has 5 rings (SSSR count). The highest BCUT2D eigenvalue weighted by Gasteiger charge is 2.30. The monoisotopic (exact) mass is 496 g/mol. The number of rotatable bonds is 5. The first-order chi connectivity index (χ1) is 17.8. The predicted molar refractivity (Wildman–Crippen MR) is 144 cm³/mol. The molecule has 8 nitrogen and oxygen atoms in total. The second-order valence-electron chi connectivity index (χ2n) is 10.1. The summed E-state index contributed by atoms with van der Waals surface area (Å²) in [5.74, 6) is 0.309. The normalized spacial score (nSPS) is 14.4. The number of amides is 2. The Morgan fingerprint density at radius 3 is 2.41 bits per heavy atom. The van der Waals surface area contributed by atoms with Crippen LogP contribution in [0.4, 0.5) is 5.82 Å². The molecule has 1 saturated heterocycles.